The molecule has 0 unspecified atom stereocenters. The van der Waals surface area contributed by atoms with Crippen LogP contribution in [0.1, 0.15) is 162 Å². The van der Waals surface area contributed by atoms with Gasteiger partial charge in [-0.05, 0) is 154 Å². The van der Waals surface area contributed by atoms with Gasteiger partial charge >= 0.3 is 35.8 Å². The van der Waals surface area contributed by atoms with E-state index in [1.54, 1.807) is 48.5 Å². The molecule has 0 amide bonds. The minimum atomic E-state index is -1.25. The molecular formula is C60H48N6O12. The van der Waals surface area contributed by atoms with Crippen molar-refractivity contribution in [1.29, 1.82) is 0 Å². The number of rotatable bonds is 6. The summed E-state index contributed by atoms with van der Waals surface area (Å²) in [6.07, 6.45) is 9.05. The molecule has 4 aliphatic heterocycles. The van der Waals surface area contributed by atoms with E-state index in [9.17, 15) is 59.4 Å². The first kappa shape index (κ1) is 51.6. The van der Waals surface area contributed by atoms with Crippen LogP contribution in [0.2, 0.25) is 0 Å². The van der Waals surface area contributed by atoms with Crippen LogP contribution in [0.3, 0.4) is 0 Å². The Labute approximate surface area is 445 Å². The van der Waals surface area contributed by atoms with Crippen LogP contribution in [0.4, 0.5) is 0 Å². The largest absolute Gasteiger partial charge is 0.478 e. The summed E-state index contributed by atoms with van der Waals surface area (Å²) in [5.41, 5.74) is 7.70. The highest BCUT2D eigenvalue weighted by Gasteiger charge is 2.28. The normalized spacial score (nSPS) is 14.6. The minimum Gasteiger partial charge on any atom is -0.478 e. The Morgan fingerprint density at radius 2 is 0.500 bits per heavy atom. The quantitative estimate of drug-likeness (QED) is 0.0957. The molecule has 0 fully saturated rings. The first-order chi connectivity index (χ1) is 37.6. The van der Waals surface area contributed by atoms with Crippen LogP contribution in [0.15, 0.2) is 103 Å². The maximum atomic E-state index is 13.5. The van der Waals surface area contributed by atoms with Gasteiger partial charge in [0.05, 0.1) is 72.6 Å². The molecule has 6 N–H and O–H groups in total. The Bertz CT molecular complexity index is 3550. The summed E-state index contributed by atoms with van der Waals surface area (Å²) in [4.78, 5) is 106. The van der Waals surface area contributed by atoms with Crippen LogP contribution in [0, 0.1) is 0 Å². The monoisotopic (exact) mass is 1040 g/mol. The van der Waals surface area contributed by atoms with Gasteiger partial charge in [0, 0.05) is 70.7 Å². The highest BCUT2D eigenvalue weighted by molar-refractivity contribution is 6.04. The molecular weight excluding hydrogens is 997 g/mol. The second kappa shape index (κ2) is 21.8. The van der Waals surface area contributed by atoms with E-state index < -0.39 is 35.8 Å². The van der Waals surface area contributed by atoms with Crippen molar-refractivity contribution < 1.29 is 59.4 Å². The zero-order valence-corrected chi connectivity index (χ0v) is 41.7. The summed E-state index contributed by atoms with van der Waals surface area (Å²) < 4.78 is 0. The Hall–Kier alpha value is -9.84. The number of fused-ring (bicyclic) bond motifs is 3. The minimum absolute atomic E-state index is 0.0244. The fraction of sp³-hybridized carbons (Fsp3) is 0.200. The summed E-state index contributed by atoms with van der Waals surface area (Å²) in [6, 6.07) is 19.7. The standard InChI is InChI=1S/C60H48N6O12/c67-55(68)49-21-37-11-31-1-3-33-25-61-5-6-62-26-34-4-2-32-12-38-22-50(56(69)70)44-16-36(38)14-40-24-52(58(73)74)46(18-42(40)20-48(32)54(34)60(77)78)30-66-10-9-65-29-45-17-41(19-47(31)53(33)59(75)76)39(23-51(45)57(71)72)13-35(37)15-43(49)27-63-7-8-64-28-44/h1-4,15-18,21-30H,5-14,19-20H2,(H,67,68)(H,69,70)(H,71,72)(H,73,74)(H,75,76)(H,77,78). The molecule has 0 radical (unpaired) electrons. The molecule has 18 heteroatoms. The molecule has 6 aliphatic rings. The molecule has 0 aromatic heterocycles. The van der Waals surface area contributed by atoms with Crippen molar-refractivity contribution in [3.8, 4) is 0 Å². The number of aromatic carboxylic acids is 6. The first-order valence-corrected chi connectivity index (χ1v) is 24.9. The molecule has 0 atom stereocenters. The van der Waals surface area contributed by atoms with Gasteiger partial charge in [0.1, 0.15) is 0 Å². The zero-order chi connectivity index (χ0) is 54.8. The van der Waals surface area contributed by atoms with E-state index in [4.69, 9.17) is 0 Å². The van der Waals surface area contributed by atoms with Gasteiger partial charge in [-0.2, -0.15) is 0 Å². The molecule has 14 bridgehead atoms. The summed E-state index contributed by atoms with van der Waals surface area (Å²) in [5, 5.41) is 64.4. The van der Waals surface area contributed by atoms with E-state index in [1.165, 1.54) is 61.6 Å². The smallest absolute Gasteiger partial charge is 0.336 e. The van der Waals surface area contributed by atoms with E-state index in [1.807, 2.05) is 0 Å². The third-order valence-corrected chi connectivity index (χ3v) is 14.4. The molecule has 0 saturated heterocycles. The maximum absolute atomic E-state index is 13.5. The third kappa shape index (κ3) is 10.6. The van der Waals surface area contributed by atoms with E-state index >= 15 is 0 Å². The van der Waals surface area contributed by atoms with Crippen molar-refractivity contribution in [3.05, 3.63) is 206 Å². The number of hydrogen-bond donors (Lipinski definition) is 6. The Morgan fingerprint density at radius 3 is 0.756 bits per heavy atom. The van der Waals surface area contributed by atoms with Crippen LogP contribution in [-0.4, -0.2) is 143 Å². The van der Waals surface area contributed by atoms with Crippen molar-refractivity contribution >= 4 is 73.1 Å². The third-order valence-electron chi connectivity index (χ3n) is 14.4. The van der Waals surface area contributed by atoms with Crippen LogP contribution in [0.25, 0.3) is 0 Å². The molecule has 12 rings (SSSR count). The average Bonchev–Trinajstić information content (AvgIpc) is 3.53. The highest BCUT2D eigenvalue weighted by atomic mass is 16.4. The lowest BCUT2D eigenvalue weighted by Gasteiger charge is -2.17. The van der Waals surface area contributed by atoms with Crippen LogP contribution >= 0.6 is 0 Å². The number of aliphatic imine (C=N–C) groups is 6. The molecule has 18 nitrogen and oxygen atoms in total. The van der Waals surface area contributed by atoms with E-state index in [0.29, 0.717) is 66.8 Å². The Kier molecular flexibility index (Phi) is 14.4. The zero-order valence-electron chi connectivity index (χ0n) is 41.7. The molecule has 78 heavy (non-hydrogen) atoms. The summed E-state index contributed by atoms with van der Waals surface area (Å²) in [6.45, 7) is 0.327. The summed E-state index contributed by atoms with van der Waals surface area (Å²) in [7, 11) is 0. The fourth-order valence-corrected chi connectivity index (χ4v) is 10.7. The van der Waals surface area contributed by atoms with E-state index in [2.05, 4.69) is 30.0 Å². The average molecular weight is 1050 g/mol. The van der Waals surface area contributed by atoms with Gasteiger partial charge in [0.2, 0.25) is 0 Å². The molecule has 4 heterocycles. The van der Waals surface area contributed by atoms with Gasteiger partial charge in [-0.1, -0.05) is 24.3 Å². The highest BCUT2D eigenvalue weighted by Crippen LogP contribution is 2.36. The van der Waals surface area contributed by atoms with Gasteiger partial charge in [0.15, 0.2) is 0 Å². The van der Waals surface area contributed by atoms with E-state index in [0.717, 1.165) is 0 Å². The van der Waals surface area contributed by atoms with Gasteiger partial charge in [-0.3, -0.25) is 30.0 Å². The van der Waals surface area contributed by atoms with Crippen molar-refractivity contribution in [1.82, 2.24) is 0 Å². The number of benzene rings is 6. The van der Waals surface area contributed by atoms with Gasteiger partial charge in [0.25, 0.3) is 0 Å². The van der Waals surface area contributed by atoms with Crippen LogP contribution < -0.4 is 0 Å². The topological polar surface area (TPSA) is 298 Å². The SMILES string of the molecule is O=C(O)c1cc2c3cc1C=NCCN=Cc1cc4c(cc1C(=O)O)Cc1cc5c(C(=O)O)cc1Cc1ccc(c(C(=O)O)c1C4)C=NCCN=Cc1ccc(c(c1C(=O)O)C3)Cc1cc(C(=O)O)c(cc1C2)C=NCCN=C5. The molecule has 0 saturated carbocycles. The molecule has 2 aliphatic carbocycles. The second-order valence-corrected chi connectivity index (χ2v) is 19.3. The number of carboxylic acids is 6. The van der Waals surface area contributed by atoms with Gasteiger partial charge in [-0.25, -0.2) is 28.8 Å². The lowest BCUT2D eigenvalue weighted by Crippen LogP contribution is -2.13. The number of hydrogen-bond acceptors (Lipinski definition) is 12. The predicted molar refractivity (Wildman–Crippen MR) is 292 cm³/mol. The van der Waals surface area contributed by atoms with Crippen LogP contribution in [0.5, 0.6) is 0 Å². The number of carbonyl (C=O) groups is 6. The maximum Gasteiger partial charge on any atom is 0.336 e. The summed E-state index contributed by atoms with van der Waals surface area (Å²) in [5.74, 6) is -7.50. The van der Waals surface area contributed by atoms with Crippen molar-refractivity contribution in [2.24, 2.45) is 30.0 Å². The van der Waals surface area contributed by atoms with Gasteiger partial charge in [-0.15, -0.1) is 0 Å². The van der Waals surface area contributed by atoms with E-state index in [-0.39, 0.29) is 145 Å². The summed E-state index contributed by atoms with van der Waals surface area (Å²) >= 11 is 0. The molecule has 6 aromatic carbocycles. The predicted octanol–water partition coefficient (Wildman–Crippen LogP) is 7.29. The van der Waals surface area contributed by atoms with Gasteiger partial charge < -0.3 is 30.6 Å². The van der Waals surface area contributed by atoms with Crippen molar-refractivity contribution in [2.45, 2.75) is 38.5 Å². The second-order valence-electron chi connectivity index (χ2n) is 19.3. The van der Waals surface area contributed by atoms with Crippen LogP contribution in [-0.2, 0) is 38.5 Å². The fourth-order valence-electron chi connectivity index (χ4n) is 10.7. The first-order valence-electron chi connectivity index (χ1n) is 24.9. The Morgan fingerprint density at radius 1 is 0.269 bits per heavy atom. The molecule has 6 aromatic rings. The van der Waals surface area contributed by atoms with Crippen molar-refractivity contribution in [3.63, 3.8) is 0 Å². The molecule has 0 spiro atoms. The lowest BCUT2D eigenvalue weighted by atomic mass is 9.87. The molecule has 390 valence electrons. The Balaban J connectivity index is 1.25. The number of nitrogens with zero attached hydrogens (tertiary/aromatic N) is 6. The van der Waals surface area contributed by atoms with Crippen molar-refractivity contribution in [2.75, 3.05) is 39.3 Å². The number of carboxylic acid groups (broad SMARTS) is 6. The lowest BCUT2D eigenvalue weighted by molar-refractivity contribution is 0.0684.